The highest BCUT2D eigenvalue weighted by Crippen LogP contribution is 2.26. The summed E-state index contributed by atoms with van der Waals surface area (Å²) in [7, 11) is 0. The quantitative estimate of drug-likeness (QED) is 0.925. The van der Waals surface area contributed by atoms with E-state index in [0.717, 1.165) is 17.0 Å². The van der Waals surface area contributed by atoms with Gasteiger partial charge in [-0.25, -0.2) is 13.8 Å². The molecule has 1 aromatic heterocycles. The Bertz CT molecular complexity index is 579. The average molecular weight is 268 g/mol. The first-order chi connectivity index (χ1) is 8.51. The summed E-state index contributed by atoms with van der Waals surface area (Å²) in [5.74, 6) is -0.773. The Morgan fingerprint density at radius 3 is 2.67 bits per heavy atom. The van der Waals surface area contributed by atoms with E-state index in [2.05, 4.69) is 4.98 Å². The number of benzene rings is 1. The fourth-order valence-electron chi connectivity index (χ4n) is 1.81. The molecular weight excluding hydrogens is 254 g/mol. The third-order valence-corrected chi connectivity index (χ3v) is 3.74. The van der Waals surface area contributed by atoms with Crippen molar-refractivity contribution in [3.63, 3.8) is 0 Å². The zero-order chi connectivity index (χ0) is 13.3. The summed E-state index contributed by atoms with van der Waals surface area (Å²) in [5, 5.41) is 0.467. The number of hydrogen-bond acceptors (Lipinski definition) is 3. The topological polar surface area (TPSA) is 38.9 Å². The van der Waals surface area contributed by atoms with Crippen LogP contribution < -0.4 is 5.73 Å². The second kappa shape index (κ2) is 5.02. The van der Waals surface area contributed by atoms with Gasteiger partial charge in [0.05, 0.1) is 5.69 Å². The van der Waals surface area contributed by atoms with E-state index in [1.807, 2.05) is 6.92 Å². The van der Waals surface area contributed by atoms with E-state index in [1.165, 1.54) is 23.5 Å². The molecule has 1 heterocycles. The molecule has 0 amide bonds. The first-order valence-electron chi connectivity index (χ1n) is 5.69. The largest absolute Gasteiger partial charge is 0.375 e. The van der Waals surface area contributed by atoms with Gasteiger partial charge in [-0.05, 0) is 36.6 Å². The summed E-state index contributed by atoms with van der Waals surface area (Å²) in [4.78, 5) is 5.08. The molecule has 2 aromatic rings. The Kier molecular flexibility index (Phi) is 3.61. The fraction of sp³-hybridized carbons (Fsp3) is 0.308. The number of rotatable bonds is 3. The van der Waals surface area contributed by atoms with Gasteiger partial charge in [-0.2, -0.15) is 0 Å². The lowest BCUT2D eigenvalue weighted by molar-refractivity contribution is 0.582. The van der Waals surface area contributed by atoms with Crippen LogP contribution in [-0.2, 0) is 12.8 Å². The van der Waals surface area contributed by atoms with Crippen LogP contribution in [0.5, 0.6) is 0 Å². The van der Waals surface area contributed by atoms with Gasteiger partial charge in [0.25, 0.3) is 0 Å². The normalized spacial score (nSPS) is 10.9. The van der Waals surface area contributed by atoms with Crippen LogP contribution in [0.1, 0.15) is 28.6 Å². The molecule has 2 N–H and O–H groups in total. The summed E-state index contributed by atoms with van der Waals surface area (Å²) in [6.07, 6.45) is 1.07. The number of aryl methyl sites for hydroxylation is 2. The summed E-state index contributed by atoms with van der Waals surface area (Å²) >= 11 is 1.33. The third kappa shape index (κ3) is 2.51. The molecule has 0 atom stereocenters. The van der Waals surface area contributed by atoms with Gasteiger partial charge < -0.3 is 5.73 Å². The van der Waals surface area contributed by atoms with Crippen molar-refractivity contribution >= 4 is 16.5 Å². The molecule has 0 saturated heterocycles. The predicted molar refractivity (Wildman–Crippen MR) is 69.8 cm³/mol. The molecule has 0 aliphatic heterocycles. The zero-order valence-corrected chi connectivity index (χ0v) is 11.1. The van der Waals surface area contributed by atoms with E-state index in [1.54, 1.807) is 6.92 Å². The third-order valence-electron chi connectivity index (χ3n) is 2.81. The Hall–Kier alpha value is -1.49. The highest BCUT2D eigenvalue weighted by atomic mass is 32.1. The Morgan fingerprint density at radius 2 is 2.00 bits per heavy atom. The van der Waals surface area contributed by atoms with E-state index in [0.29, 0.717) is 22.7 Å². The molecular formula is C13H14F2N2S. The van der Waals surface area contributed by atoms with Gasteiger partial charge in [0.2, 0.25) is 0 Å². The van der Waals surface area contributed by atoms with Crippen LogP contribution in [0.15, 0.2) is 12.1 Å². The lowest BCUT2D eigenvalue weighted by Crippen LogP contribution is -1.97. The fourth-order valence-corrected chi connectivity index (χ4v) is 2.76. The Morgan fingerprint density at radius 1 is 1.28 bits per heavy atom. The molecule has 0 unspecified atom stereocenters. The molecule has 2 rings (SSSR count). The van der Waals surface area contributed by atoms with Gasteiger partial charge in [0.1, 0.15) is 11.6 Å². The van der Waals surface area contributed by atoms with Crippen molar-refractivity contribution in [1.82, 2.24) is 4.98 Å². The molecule has 5 heteroatoms. The highest BCUT2D eigenvalue weighted by molar-refractivity contribution is 7.15. The van der Waals surface area contributed by atoms with Crippen molar-refractivity contribution in [2.24, 2.45) is 0 Å². The minimum absolute atomic E-state index is 0.316. The Labute approximate surface area is 108 Å². The van der Waals surface area contributed by atoms with E-state index < -0.39 is 0 Å². The van der Waals surface area contributed by atoms with Gasteiger partial charge in [-0.15, -0.1) is 11.3 Å². The van der Waals surface area contributed by atoms with Crippen LogP contribution in [0.25, 0.3) is 0 Å². The standard InChI is InChI=1S/C13H14F2N2S/c1-3-11-12(18-13(16)17-11)6-8-5-9(14)7(2)4-10(8)15/h4-5H,3,6H2,1-2H3,(H2,16,17). The number of halogens is 2. The maximum Gasteiger partial charge on any atom is 0.180 e. The number of aromatic nitrogens is 1. The lowest BCUT2D eigenvalue weighted by atomic mass is 10.1. The van der Waals surface area contributed by atoms with E-state index in [-0.39, 0.29) is 11.6 Å². The molecule has 0 bridgehead atoms. The van der Waals surface area contributed by atoms with Gasteiger partial charge in [0, 0.05) is 11.3 Å². The SMILES string of the molecule is CCc1nc(N)sc1Cc1cc(F)c(C)cc1F. The maximum atomic E-state index is 13.7. The molecule has 0 radical (unpaired) electrons. The predicted octanol–water partition coefficient (Wildman–Crippen LogP) is 3.47. The summed E-state index contributed by atoms with van der Waals surface area (Å²) in [6, 6.07) is 2.47. The van der Waals surface area contributed by atoms with E-state index >= 15 is 0 Å². The van der Waals surface area contributed by atoms with Gasteiger partial charge in [0.15, 0.2) is 5.13 Å². The lowest BCUT2D eigenvalue weighted by Gasteiger charge is -2.05. The van der Waals surface area contributed by atoms with Crippen LogP contribution in [0, 0.1) is 18.6 Å². The number of nitrogens with two attached hydrogens (primary N) is 1. The summed E-state index contributed by atoms with van der Waals surface area (Å²) < 4.78 is 27.2. The molecule has 0 aliphatic carbocycles. The van der Waals surface area contributed by atoms with E-state index in [9.17, 15) is 8.78 Å². The van der Waals surface area contributed by atoms with Crippen molar-refractivity contribution < 1.29 is 8.78 Å². The molecule has 0 spiro atoms. The average Bonchev–Trinajstić information content (AvgIpc) is 2.66. The summed E-state index contributed by atoms with van der Waals surface area (Å²) in [6.45, 7) is 3.51. The first kappa shape index (κ1) is 13.0. The molecule has 0 saturated carbocycles. The van der Waals surface area contributed by atoms with Crippen molar-refractivity contribution in [2.75, 3.05) is 5.73 Å². The molecule has 1 aromatic carbocycles. The second-order valence-electron chi connectivity index (χ2n) is 4.15. The monoisotopic (exact) mass is 268 g/mol. The van der Waals surface area contributed by atoms with Crippen molar-refractivity contribution in [2.45, 2.75) is 26.7 Å². The molecule has 18 heavy (non-hydrogen) atoms. The van der Waals surface area contributed by atoms with Crippen molar-refractivity contribution in [3.8, 4) is 0 Å². The minimum atomic E-state index is -0.387. The van der Waals surface area contributed by atoms with Crippen molar-refractivity contribution in [1.29, 1.82) is 0 Å². The van der Waals surface area contributed by atoms with Crippen LogP contribution in [0.3, 0.4) is 0 Å². The smallest absolute Gasteiger partial charge is 0.180 e. The summed E-state index contributed by atoms with van der Waals surface area (Å²) in [5.41, 5.74) is 7.16. The number of hydrogen-bond donors (Lipinski definition) is 1. The number of anilines is 1. The minimum Gasteiger partial charge on any atom is -0.375 e. The second-order valence-corrected chi connectivity index (χ2v) is 5.26. The maximum absolute atomic E-state index is 13.7. The highest BCUT2D eigenvalue weighted by Gasteiger charge is 2.13. The first-order valence-corrected chi connectivity index (χ1v) is 6.51. The van der Waals surface area contributed by atoms with Gasteiger partial charge >= 0.3 is 0 Å². The number of thiazole rings is 1. The van der Waals surface area contributed by atoms with Gasteiger partial charge in [-0.3, -0.25) is 0 Å². The zero-order valence-electron chi connectivity index (χ0n) is 10.3. The molecule has 0 fully saturated rings. The van der Waals surface area contributed by atoms with Crippen LogP contribution >= 0.6 is 11.3 Å². The van der Waals surface area contributed by atoms with Crippen LogP contribution in [-0.4, -0.2) is 4.98 Å². The Balaban J connectivity index is 2.36. The molecule has 0 aliphatic rings. The number of nitrogen functional groups attached to an aromatic ring is 1. The van der Waals surface area contributed by atoms with Crippen molar-refractivity contribution in [3.05, 3.63) is 45.5 Å². The van der Waals surface area contributed by atoms with E-state index in [4.69, 9.17) is 5.73 Å². The number of nitrogens with zero attached hydrogens (tertiary/aromatic N) is 1. The molecule has 2 nitrogen and oxygen atoms in total. The van der Waals surface area contributed by atoms with Crippen LogP contribution in [0.2, 0.25) is 0 Å². The van der Waals surface area contributed by atoms with Gasteiger partial charge in [-0.1, -0.05) is 6.92 Å². The van der Waals surface area contributed by atoms with Crippen LogP contribution in [0.4, 0.5) is 13.9 Å². The molecule has 96 valence electrons.